The van der Waals surface area contributed by atoms with Gasteiger partial charge in [0.15, 0.2) is 11.6 Å². The van der Waals surface area contributed by atoms with Crippen molar-refractivity contribution in [1.29, 1.82) is 0 Å². The van der Waals surface area contributed by atoms with Gasteiger partial charge in [-0.25, -0.2) is 4.39 Å². The van der Waals surface area contributed by atoms with Gasteiger partial charge in [0, 0.05) is 5.56 Å². The third kappa shape index (κ3) is 4.17. The van der Waals surface area contributed by atoms with E-state index in [0.717, 1.165) is 12.1 Å². The number of phenolic OH excluding ortho intramolecular Hbond substituents is 1. The molecule has 0 spiro atoms. The van der Waals surface area contributed by atoms with Gasteiger partial charge in [0.1, 0.15) is 0 Å². The Labute approximate surface area is 123 Å². The number of nitrogens with one attached hydrogen (secondary N) is 1. The van der Waals surface area contributed by atoms with E-state index in [0.29, 0.717) is 0 Å². The summed E-state index contributed by atoms with van der Waals surface area (Å²) < 4.78 is 53.4. The van der Waals surface area contributed by atoms with E-state index in [1.54, 1.807) is 0 Å². The molecule has 1 aliphatic heterocycles. The second-order valence-electron chi connectivity index (χ2n) is 4.54. The molecule has 3 rings (SSSR count). The Morgan fingerprint density at radius 2 is 1.86 bits per heavy atom. The van der Waals surface area contributed by atoms with Crippen molar-refractivity contribution in [3.05, 3.63) is 29.9 Å². The highest BCUT2D eigenvalue weighted by molar-refractivity contribution is 5.55. The first-order valence-electron chi connectivity index (χ1n) is 6.48. The molecule has 5 nitrogen and oxygen atoms in total. The molecule has 1 aliphatic rings. The van der Waals surface area contributed by atoms with E-state index < -0.39 is 29.5 Å². The summed E-state index contributed by atoms with van der Waals surface area (Å²) in [6.45, 7) is 2.50. The normalized spacial score (nSPS) is 14.5. The van der Waals surface area contributed by atoms with Gasteiger partial charge in [0.25, 0.3) is 0 Å². The lowest BCUT2D eigenvalue weighted by Gasteiger charge is -1.97. The first-order chi connectivity index (χ1) is 10.4. The molecule has 1 aromatic carbocycles. The molecule has 1 saturated heterocycles. The summed E-state index contributed by atoms with van der Waals surface area (Å²) in [5.41, 5.74) is -0.0282. The van der Waals surface area contributed by atoms with Crippen LogP contribution in [0.5, 0.6) is 5.75 Å². The lowest BCUT2D eigenvalue weighted by molar-refractivity contribution is -0.159. The number of aromatic hydroxyl groups is 1. The van der Waals surface area contributed by atoms with Crippen molar-refractivity contribution in [3.63, 3.8) is 0 Å². The lowest BCUT2D eigenvalue weighted by Crippen LogP contribution is -2.04. The van der Waals surface area contributed by atoms with Crippen LogP contribution in [-0.2, 0) is 6.18 Å². The predicted molar refractivity (Wildman–Crippen MR) is 68.5 cm³/mol. The average Bonchev–Trinajstić information content (AvgIpc) is 3.14. The van der Waals surface area contributed by atoms with E-state index in [-0.39, 0.29) is 5.56 Å². The summed E-state index contributed by atoms with van der Waals surface area (Å²) in [7, 11) is 0. The number of benzene rings is 1. The molecule has 22 heavy (non-hydrogen) atoms. The zero-order valence-corrected chi connectivity index (χ0v) is 11.3. The summed E-state index contributed by atoms with van der Waals surface area (Å²) >= 11 is 0. The summed E-state index contributed by atoms with van der Waals surface area (Å²) in [5, 5.41) is 15.2. The Kier molecular flexibility index (Phi) is 4.96. The maximum Gasteiger partial charge on any atom is 0.471 e. The highest BCUT2D eigenvalue weighted by atomic mass is 19.4. The number of aromatic nitrogens is 2. The fourth-order valence-corrected chi connectivity index (χ4v) is 1.73. The number of nitrogens with zero attached hydrogens (tertiary/aromatic N) is 2. The molecule has 2 N–H and O–H groups in total. The minimum atomic E-state index is -4.75. The smallest absolute Gasteiger partial charge is 0.471 e. The quantitative estimate of drug-likeness (QED) is 0.791. The summed E-state index contributed by atoms with van der Waals surface area (Å²) in [6.07, 6.45) is -1.97. The third-order valence-electron chi connectivity index (χ3n) is 2.83. The van der Waals surface area contributed by atoms with Crippen molar-refractivity contribution in [2.75, 3.05) is 13.1 Å². The Balaban J connectivity index is 0.000000299. The highest BCUT2D eigenvalue weighted by Gasteiger charge is 2.38. The molecule has 0 saturated carbocycles. The lowest BCUT2D eigenvalue weighted by atomic mass is 10.2. The van der Waals surface area contributed by atoms with Crippen molar-refractivity contribution in [2.45, 2.75) is 19.0 Å². The number of phenols is 1. The van der Waals surface area contributed by atoms with E-state index >= 15 is 0 Å². The van der Waals surface area contributed by atoms with Crippen molar-refractivity contribution in [2.24, 2.45) is 0 Å². The fraction of sp³-hybridized carbons (Fsp3) is 0.385. The van der Waals surface area contributed by atoms with Crippen LogP contribution in [0.4, 0.5) is 17.6 Å². The number of hydrogen-bond donors (Lipinski definition) is 2. The zero-order chi connectivity index (χ0) is 16.2. The van der Waals surface area contributed by atoms with Crippen LogP contribution in [0.3, 0.4) is 0 Å². The molecule has 2 heterocycles. The van der Waals surface area contributed by atoms with Crippen LogP contribution in [0, 0.1) is 5.82 Å². The molecule has 0 unspecified atom stereocenters. The van der Waals surface area contributed by atoms with Gasteiger partial charge in [-0.1, -0.05) is 5.16 Å². The maximum atomic E-state index is 12.9. The monoisotopic (exact) mass is 319 g/mol. The van der Waals surface area contributed by atoms with E-state index in [1.807, 2.05) is 0 Å². The van der Waals surface area contributed by atoms with Crippen LogP contribution >= 0.6 is 0 Å². The maximum absolute atomic E-state index is 12.9. The minimum Gasteiger partial charge on any atom is -0.505 e. The van der Waals surface area contributed by atoms with Crippen LogP contribution in [0.1, 0.15) is 18.7 Å². The molecule has 2 aromatic rings. The molecule has 120 valence electrons. The van der Waals surface area contributed by atoms with Gasteiger partial charge in [0.05, 0.1) is 0 Å². The SMILES string of the molecule is C1CCNC1.Oc1ccc(-c2noc(C(F)(F)F)n2)cc1F. The van der Waals surface area contributed by atoms with Gasteiger partial charge in [-0.15, -0.1) is 0 Å². The largest absolute Gasteiger partial charge is 0.505 e. The number of halogens is 4. The van der Waals surface area contributed by atoms with Crippen LogP contribution < -0.4 is 5.32 Å². The number of alkyl halides is 3. The van der Waals surface area contributed by atoms with E-state index in [9.17, 15) is 17.6 Å². The molecule has 0 radical (unpaired) electrons. The van der Waals surface area contributed by atoms with E-state index in [2.05, 4.69) is 20.0 Å². The Morgan fingerprint density at radius 3 is 2.32 bits per heavy atom. The van der Waals surface area contributed by atoms with Gasteiger partial charge < -0.3 is 14.9 Å². The minimum absolute atomic E-state index is 0.0282. The molecule has 1 fully saturated rings. The number of rotatable bonds is 1. The van der Waals surface area contributed by atoms with Gasteiger partial charge in [-0.3, -0.25) is 0 Å². The Morgan fingerprint density at radius 1 is 1.18 bits per heavy atom. The highest BCUT2D eigenvalue weighted by Crippen LogP contribution is 2.30. The summed E-state index contributed by atoms with van der Waals surface area (Å²) in [5.74, 6) is -3.52. The Hall–Kier alpha value is -2.16. The topological polar surface area (TPSA) is 71.2 Å². The molecule has 0 atom stereocenters. The molecule has 0 bridgehead atoms. The molecule has 0 amide bonds. The predicted octanol–water partition coefficient (Wildman–Crippen LogP) is 2.97. The standard InChI is InChI=1S/C9H4F4N2O2.C4H9N/c10-5-3-4(1-2-6(5)16)7-14-8(17-15-7)9(11,12)13;1-2-4-5-3-1/h1-3,16H;5H,1-4H2. The van der Waals surface area contributed by atoms with Crippen LogP contribution in [0.2, 0.25) is 0 Å². The van der Waals surface area contributed by atoms with E-state index in [4.69, 9.17) is 5.11 Å². The van der Waals surface area contributed by atoms with Gasteiger partial charge in [0.2, 0.25) is 5.82 Å². The van der Waals surface area contributed by atoms with E-state index in [1.165, 1.54) is 32.0 Å². The van der Waals surface area contributed by atoms with Crippen molar-refractivity contribution >= 4 is 0 Å². The van der Waals surface area contributed by atoms with Crippen molar-refractivity contribution in [1.82, 2.24) is 15.5 Å². The molecule has 9 heteroatoms. The molecular formula is C13H13F4N3O2. The van der Waals surface area contributed by atoms with Crippen molar-refractivity contribution in [3.8, 4) is 17.1 Å². The zero-order valence-electron chi connectivity index (χ0n) is 11.3. The summed E-state index contributed by atoms with van der Waals surface area (Å²) in [6, 6.07) is 2.96. The van der Waals surface area contributed by atoms with Crippen LogP contribution in [0.15, 0.2) is 22.7 Å². The second-order valence-corrected chi connectivity index (χ2v) is 4.54. The van der Waals surface area contributed by atoms with Gasteiger partial charge >= 0.3 is 12.1 Å². The first-order valence-corrected chi connectivity index (χ1v) is 6.48. The fourth-order valence-electron chi connectivity index (χ4n) is 1.73. The van der Waals surface area contributed by atoms with Crippen molar-refractivity contribution < 1.29 is 27.2 Å². The van der Waals surface area contributed by atoms with Gasteiger partial charge in [-0.05, 0) is 44.1 Å². The molecule has 1 aromatic heterocycles. The Bertz CT molecular complexity index is 616. The molecule has 0 aliphatic carbocycles. The average molecular weight is 319 g/mol. The first kappa shape index (κ1) is 16.2. The number of hydrogen-bond acceptors (Lipinski definition) is 5. The summed E-state index contributed by atoms with van der Waals surface area (Å²) in [4.78, 5) is 3.07. The van der Waals surface area contributed by atoms with Gasteiger partial charge in [-0.2, -0.15) is 18.2 Å². The van der Waals surface area contributed by atoms with Crippen LogP contribution in [-0.4, -0.2) is 28.3 Å². The molecular weight excluding hydrogens is 306 g/mol. The van der Waals surface area contributed by atoms with Crippen LogP contribution in [0.25, 0.3) is 11.4 Å². The third-order valence-corrected chi connectivity index (χ3v) is 2.83. The second kappa shape index (κ2) is 6.73.